The average Bonchev–Trinajstić information content (AvgIpc) is 2.31. The fourth-order valence-electron chi connectivity index (χ4n) is 1.25. The molecule has 0 spiro atoms. The maximum absolute atomic E-state index is 9.71. The summed E-state index contributed by atoms with van der Waals surface area (Å²) in [7, 11) is 0. The number of hydrogen-bond acceptors (Lipinski definition) is 2. The Morgan fingerprint density at radius 3 is 1.33 bits per heavy atom. The van der Waals surface area contributed by atoms with E-state index in [0.29, 0.717) is 12.8 Å². The second-order valence-corrected chi connectivity index (χ2v) is 3.91. The van der Waals surface area contributed by atoms with Crippen molar-refractivity contribution < 1.29 is 68.7 Å². The minimum Gasteiger partial charge on any atom is -0.542 e. The fourth-order valence-corrected chi connectivity index (χ4v) is 1.25. The molecule has 2 nitrogen and oxygen atoms in total. The molecule has 0 amide bonds. The first-order valence-electron chi connectivity index (χ1n) is 6.53. The van der Waals surface area contributed by atoms with Crippen LogP contribution in [0.4, 0.5) is 0 Å². The van der Waals surface area contributed by atoms with Crippen LogP contribution in [0.2, 0.25) is 0 Å². The second kappa shape index (κ2) is 31.0. The Morgan fingerprint density at radius 2 is 0.944 bits per heavy atom. The van der Waals surface area contributed by atoms with E-state index in [1.165, 1.54) is 32.1 Å². The third kappa shape index (κ3) is 36.0. The molecule has 0 aliphatic rings. The molecule has 0 heterocycles. The van der Waals surface area contributed by atoms with Gasteiger partial charge in [0.2, 0.25) is 0 Å². The van der Waals surface area contributed by atoms with Gasteiger partial charge in [-0.05, 0) is 0 Å². The van der Waals surface area contributed by atoms with E-state index in [1.54, 1.807) is 0 Å². The van der Waals surface area contributed by atoms with Crippen molar-refractivity contribution in [2.24, 2.45) is 0 Å². The molecule has 0 aliphatic carbocycles. The largest absolute Gasteiger partial charge is 1.00 e. The molecule has 0 N–H and O–H groups in total. The van der Waals surface area contributed by atoms with Gasteiger partial charge in [-0.2, -0.15) is 12.8 Å². The van der Waals surface area contributed by atoms with E-state index in [9.17, 15) is 9.59 Å². The summed E-state index contributed by atoms with van der Waals surface area (Å²) in [6, 6.07) is 0. The molecule has 0 aliphatic heterocycles. The molecule has 4 heteroatoms. The first-order valence-corrected chi connectivity index (χ1v) is 6.53. The van der Waals surface area contributed by atoms with Gasteiger partial charge in [0.25, 0.3) is 0 Å². The SMILES string of the molecule is CCCCCCC[C-]=O.CCCCC[C-]=O.[Na+].[Na+]. The predicted octanol–water partition coefficient (Wildman–Crippen LogP) is -1.86. The van der Waals surface area contributed by atoms with E-state index >= 15 is 0 Å². The van der Waals surface area contributed by atoms with E-state index in [0.717, 1.165) is 19.3 Å². The van der Waals surface area contributed by atoms with Crippen molar-refractivity contribution in [2.75, 3.05) is 0 Å². The standard InChI is InChI=1S/C8H15O.C6H11O.2Na/c1-2-3-4-5-6-7-8-9;1-2-3-4-5-6-7;;/h2-7H2,1H3;2-5H2,1H3;;/q2*-1;2*+1. The Bertz CT molecular complexity index is 142. The van der Waals surface area contributed by atoms with Crippen LogP contribution in [-0.2, 0) is 9.59 Å². The van der Waals surface area contributed by atoms with E-state index in [1.807, 2.05) is 12.6 Å². The van der Waals surface area contributed by atoms with E-state index in [-0.39, 0.29) is 59.1 Å². The molecule has 0 rings (SSSR count). The third-order valence-electron chi connectivity index (χ3n) is 2.26. The van der Waals surface area contributed by atoms with Crippen LogP contribution in [0.25, 0.3) is 0 Å². The molecule has 0 saturated heterocycles. The number of hydrogen-bond donors (Lipinski definition) is 0. The molecule has 0 bridgehead atoms. The molecule has 18 heavy (non-hydrogen) atoms. The van der Waals surface area contributed by atoms with Crippen molar-refractivity contribution in [1.82, 2.24) is 0 Å². The molecule has 0 saturated carbocycles. The summed E-state index contributed by atoms with van der Waals surface area (Å²) in [4.78, 5) is 19.3. The van der Waals surface area contributed by atoms with Crippen LogP contribution in [-0.4, -0.2) is 12.6 Å². The zero-order chi connectivity index (χ0) is 12.5. The molecule has 0 aromatic rings. The Morgan fingerprint density at radius 1 is 0.611 bits per heavy atom. The molecule has 0 unspecified atom stereocenters. The minimum absolute atomic E-state index is 0. The topological polar surface area (TPSA) is 34.1 Å². The number of unbranched alkanes of at least 4 members (excludes halogenated alkanes) is 8. The predicted molar refractivity (Wildman–Crippen MR) is 68.9 cm³/mol. The Kier molecular flexibility index (Phi) is 47.6. The van der Waals surface area contributed by atoms with Crippen LogP contribution in [0.1, 0.15) is 78.1 Å². The van der Waals surface area contributed by atoms with E-state index in [2.05, 4.69) is 13.8 Å². The van der Waals surface area contributed by atoms with Gasteiger partial charge in [0, 0.05) is 0 Å². The van der Waals surface area contributed by atoms with Crippen LogP contribution < -0.4 is 59.1 Å². The van der Waals surface area contributed by atoms with Crippen LogP contribution in [0, 0.1) is 0 Å². The summed E-state index contributed by atoms with van der Waals surface area (Å²) in [5.41, 5.74) is 0. The molecule has 0 fully saturated rings. The van der Waals surface area contributed by atoms with Gasteiger partial charge in [-0.15, -0.1) is 0 Å². The first kappa shape index (κ1) is 27.6. The minimum atomic E-state index is 0. The second-order valence-electron chi connectivity index (χ2n) is 3.91. The molecule has 0 aromatic carbocycles. The summed E-state index contributed by atoms with van der Waals surface area (Å²) in [5, 5.41) is 0. The van der Waals surface area contributed by atoms with E-state index in [4.69, 9.17) is 0 Å². The van der Waals surface area contributed by atoms with Crippen molar-refractivity contribution >= 4 is 12.6 Å². The van der Waals surface area contributed by atoms with Gasteiger partial charge in [-0.3, -0.25) is 12.6 Å². The van der Waals surface area contributed by atoms with Crippen LogP contribution >= 0.6 is 0 Å². The zero-order valence-electron chi connectivity index (χ0n) is 12.9. The van der Waals surface area contributed by atoms with Gasteiger partial charge in [-0.1, -0.05) is 65.2 Å². The monoisotopic (exact) mass is 272 g/mol. The third-order valence-corrected chi connectivity index (χ3v) is 2.26. The van der Waals surface area contributed by atoms with E-state index < -0.39 is 0 Å². The maximum atomic E-state index is 9.71. The van der Waals surface area contributed by atoms with Gasteiger partial charge in [0.1, 0.15) is 0 Å². The smallest absolute Gasteiger partial charge is 0.542 e. The average molecular weight is 272 g/mol. The molecule has 0 aromatic heterocycles. The quantitative estimate of drug-likeness (QED) is 0.266. The van der Waals surface area contributed by atoms with Crippen molar-refractivity contribution in [3.8, 4) is 0 Å². The van der Waals surface area contributed by atoms with Gasteiger partial charge >= 0.3 is 59.1 Å². The summed E-state index contributed by atoms with van der Waals surface area (Å²) in [6.07, 6.45) is 14.4. The Hall–Kier alpha value is 1.34. The van der Waals surface area contributed by atoms with Crippen molar-refractivity contribution in [3.05, 3.63) is 0 Å². The summed E-state index contributed by atoms with van der Waals surface area (Å²) >= 11 is 0. The summed E-state index contributed by atoms with van der Waals surface area (Å²) < 4.78 is 0. The molecule has 0 atom stereocenters. The summed E-state index contributed by atoms with van der Waals surface area (Å²) in [5.74, 6) is 0. The number of carbonyl (C=O) groups excluding carboxylic acids is 2. The molecular formula is C14H26Na2O2. The fraction of sp³-hybridized carbons (Fsp3) is 0.857. The Balaban J connectivity index is -0.000000100. The van der Waals surface area contributed by atoms with Gasteiger partial charge in [0.15, 0.2) is 0 Å². The molecule has 0 radical (unpaired) electrons. The van der Waals surface area contributed by atoms with Gasteiger partial charge in [0.05, 0.1) is 0 Å². The van der Waals surface area contributed by atoms with Crippen molar-refractivity contribution in [1.29, 1.82) is 0 Å². The summed E-state index contributed by atoms with van der Waals surface area (Å²) in [6.45, 7) is 4.30. The van der Waals surface area contributed by atoms with Gasteiger partial charge in [-0.25, -0.2) is 0 Å². The van der Waals surface area contributed by atoms with Crippen LogP contribution in [0.15, 0.2) is 0 Å². The van der Waals surface area contributed by atoms with Crippen LogP contribution in [0.3, 0.4) is 0 Å². The van der Waals surface area contributed by atoms with Gasteiger partial charge < -0.3 is 9.59 Å². The normalized spacial score (nSPS) is 8.11. The molecular weight excluding hydrogens is 246 g/mol. The maximum Gasteiger partial charge on any atom is 1.00 e. The zero-order valence-corrected chi connectivity index (χ0v) is 16.9. The number of rotatable bonds is 10. The Labute approximate surface area is 158 Å². The van der Waals surface area contributed by atoms with Crippen molar-refractivity contribution in [2.45, 2.75) is 78.1 Å². The van der Waals surface area contributed by atoms with Crippen LogP contribution in [0.5, 0.6) is 0 Å². The first-order chi connectivity index (χ1) is 7.83. The van der Waals surface area contributed by atoms with Crippen molar-refractivity contribution in [3.63, 3.8) is 0 Å². The molecule has 96 valence electrons.